The van der Waals surface area contributed by atoms with Crippen molar-refractivity contribution in [1.82, 2.24) is 25.3 Å². The van der Waals surface area contributed by atoms with E-state index in [4.69, 9.17) is 4.74 Å². The molecule has 1 saturated carbocycles. The van der Waals surface area contributed by atoms with Crippen molar-refractivity contribution in [2.75, 3.05) is 13.1 Å². The number of amides is 2. The second-order valence-electron chi connectivity index (χ2n) is 9.05. The van der Waals surface area contributed by atoms with E-state index in [1.54, 1.807) is 0 Å². The predicted octanol–water partition coefficient (Wildman–Crippen LogP) is 0.327. The first-order chi connectivity index (χ1) is 14.1. The lowest BCUT2D eigenvalue weighted by molar-refractivity contribution is -0.138. The van der Waals surface area contributed by atoms with Crippen molar-refractivity contribution in [3.05, 3.63) is 29.6 Å². The molecular weight excluding hydrogens is 370 g/mol. The zero-order chi connectivity index (χ0) is 19.6. The summed E-state index contributed by atoms with van der Waals surface area (Å²) in [6.07, 6.45) is 8.22. The average molecular weight is 397 g/mol. The van der Waals surface area contributed by atoms with Crippen molar-refractivity contribution in [2.45, 2.75) is 63.1 Å². The minimum absolute atomic E-state index is 0.100. The topological polar surface area (TPSA) is 88.5 Å². The van der Waals surface area contributed by atoms with Gasteiger partial charge in [-0.1, -0.05) is 25.0 Å². The lowest BCUT2D eigenvalue weighted by atomic mass is 9.77. The Kier molecular flexibility index (Phi) is 3.90. The molecule has 1 aliphatic carbocycles. The molecule has 1 spiro atoms. The normalized spacial score (nSPS) is 35.4. The van der Waals surface area contributed by atoms with Gasteiger partial charge in [0.05, 0.1) is 49.0 Å². The molecule has 0 aromatic carbocycles. The number of carbonyl (C=O) groups excluding carboxylic acids is 2. The third kappa shape index (κ3) is 2.61. The molecule has 0 radical (unpaired) electrons. The van der Waals surface area contributed by atoms with Gasteiger partial charge in [0.2, 0.25) is 11.8 Å². The highest BCUT2D eigenvalue weighted by molar-refractivity contribution is 5.93. The van der Waals surface area contributed by atoms with Gasteiger partial charge in [-0.05, 0) is 18.9 Å². The average Bonchev–Trinajstić information content (AvgIpc) is 3.52. The Labute approximate surface area is 169 Å². The van der Waals surface area contributed by atoms with Crippen molar-refractivity contribution >= 4 is 11.8 Å². The number of carbonyl (C=O) groups is 2. The van der Waals surface area contributed by atoms with E-state index in [0.29, 0.717) is 19.1 Å². The lowest BCUT2D eigenvalue weighted by Gasteiger charge is -2.26. The van der Waals surface area contributed by atoms with Gasteiger partial charge >= 0.3 is 0 Å². The number of likely N-dealkylation sites (tertiary alicyclic amines) is 1. The Morgan fingerprint density at radius 3 is 3.07 bits per heavy atom. The molecule has 5 heterocycles. The molecule has 2 bridgehead atoms. The van der Waals surface area contributed by atoms with Gasteiger partial charge in [0, 0.05) is 19.1 Å². The standard InChI is InChI=1S/C21H27N5O3/c27-19(23-10-13-9-15-11-22-7-8-26(15)24-13)17-16-5-6-21(29-16)12-25(20(28)18(17)21)14-3-1-2-4-14/h5-6,9,14,16-18,22H,1-4,7-8,10-12H2,(H,23,27)/t16-,17-,18+,21-/m0/s1. The quantitative estimate of drug-likeness (QED) is 0.715. The van der Waals surface area contributed by atoms with E-state index in [0.717, 1.165) is 43.9 Å². The van der Waals surface area contributed by atoms with Gasteiger partial charge in [-0.2, -0.15) is 5.10 Å². The molecule has 0 unspecified atom stereocenters. The number of rotatable bonds is 4. The maximum absolute atomic E-state index is 13.3. The third-order valence-electron chi connectivity index (χ3n) is 7.36. The summed E-state index contributed by atoms with van der Waals surface area (Å²) in [6.45, 7) is 3.55. The summed E-state index contributed by atoms with van der Waals surface area (Å²) in [5.74, 6) is -0.834. The van der Waals surface area contributed by atoms with Crippen LogP contribution in [0.4, 0.5) is 0 Å². The SMILES string of the molecule is O=C(NCc1cc2n(n1)CCNC2)[C@H]1[C@@H]2C=C[C@@]3(CN(C4CCCC4)C(=O)[C@@H]13)O2. The predicted molar refractivity (Wildman–Crippen MR) is 103 cm³/mol. The zero-order valence-corrected chi connectivity index (χ0v) is 16.5. The molecule has 5 aliphatic rings. The third-order valence-corrected chi connectivity index (χ3v) is 7.36. The molecular formula is C21H27N5O3. The molecule has 8 nitrogen and oxygen atoms in total. The minimum Gasteiger partial charge on any atom is -0.360 e. The van der Waals surface area contributed by atoms with Crippen molar-refractivity contribution in [3.63, 3.8) is 0 Å². The summed E-state index contributed by atoms with van der Waals surface area (Å²) in [5.41, 5.74) is 1.39. The Morgan fingerprint density at radius 1 is 1.38 bits per heavy atom. The number of hydrogen-bond acceptors (Lipinski definition) is 5. The van der Waals surface area contributed by atoms with Crippen LogP contribution in [0, 0.1) is 11.8 Å². The summed E-state index contributed by atoms with van der Waals surface area (Å²) < 4.78 is 8.23. The summed E-state index contributed by atoms with van der Waals surface area (Å²) in [7, 11) is 0. The minimum atomic E-state index is -0.606. The van der Waals surface area contributed by atoms with Crippen LogP contribution in [0.5, 0.6) is 0 Å². The Balaban J connectivity index is 1.18. The molecule has 1 aromatic heterocycles. The maximum atomic E-state index is 13.3. The van der Waals surface area contributed by atoms with Crippen LogP contribution in [-0.2, 0) is 34.0 Å². The molecule has 2 N–H and O–H groups in total. The Bertz CT molecular complexity index is 865. The van der Waals surface area contributed by atoms with E-state index in [9.17, 15) is 9.59 Å². The molecule has 4 aliphatic heterocycles. The van der Waals surface area contributed by atoms with Crippen molar-refractivity contribution in [1.29, 1.82) is 0 Å². The van der Waals surface area contributed by atoms with E-state index in [2.05, 4.69) is 15.7 Å². The van der Waals surface area contributed by atoms with Crippen LogP contribution in [0.25, 0.3) is 0 Å². The highest BCUT2D eigenvalue weighted by Gasteiger charge is 2.67. The second-order valence-corrected chi connectivity index (χ2v) is 9.05. The largest absolute Gasteiger partial charge is 0.360 e. The fourth-order valence-corrected chi connectivity index (χ4v) is 5.99. The smallest absolute Gasteiger partial charge is 0.230 e. The van der Waals surface area contributed by atoms with Crippen molar-refractivity contribution in [3.8, 4) is 0 Å². The molecule has 3 fully saturated rings. The first kappa shape index (κ1) is 17.7. The van der Waals surface area contributed by atoms with E-state index >= 15 is 0 Å². The molecule has 1 aromatic rings. The molecule has 154 valence electrons. The fraction of sp³-hybridized carbons (Fsp3) is 0.667. The van der Waals surface area contributed by atoms with Gasteiger partial charge in [0.1, 0.15) is 5.60 Å². The fourth-order valence-electron chi connectivity index (χ4n) is 5.99. The van der Waals surface area contributed by atoms with Crippen LogP contribution in [0.3, 0.4) is 0 Å². The zero-order valence-electron chi connectivity index (χ0n) is 16.5. The molecule has 6 rings (SSSR count). The summed E-state index contributed by atoms with van der Waals surface area (Å²) in [4.78, 5) is 28.4. The van der Waals surface area contributed by atoms with E-state index in [1.165, 1.54) is 12.8 Å². The van der Waals surface area contributed by atoms with Crippen molar-refractivity contribution in [2.24, 2.45) is 11.8 Å². The van der Waals surface area contributed by atoms with Crippen LogP contribution in [0.2, 0.25) is 0 Å². The highest BCUT2D eigenvalue weighted by Crippen LogP contribution is 2.53. The molecule has 4 atom stereocenters. The van der Waals surface area contributed by atoms with E-state index in [-0.39, 0.29) is 17.9 Å². The Morgan fingerprint density at radius 2 is 2.24 bits per heavy atom. The monoisotopic (exact) mass is 397 g/mol. The molecule has 2 saturated heterocycles. The number of nitrogens with zero attached hydrogens (tertiary/aromatic N) is 3. The lowest BCUT2D eigenvalue weighted by Crippen LogP contribution is -2.44. The van der Waals surface area contributed by atoms with Crippen molar-refractivity contribution < 1.29 is 14.3 Å². The molecule has 8 heteroatoms. The van der Waals surface area contributed by atoms with Gasteiger partial charge in [0.15, 0.2) is 0 Å². The number of aromatic nitrogens is 2. The number of hydrogen-bond donors (Lipinski definition) is 2. The molecule has 29 heavy (non-hydrogen) atoms. The van der Waals surface area contributed by atoms with Gasteiger partial charge in [-0.25, -0.2) is 0 Å². The van der Waals surface area contributed by atoms with Gasteiger partial charge in [0.25, 0.3) is 0 Å². The Hall–Kier alpha value is -2.19. The van der Waals surface area contributed by atoms with Crippen LogP contribution in [-0.4, -0.2) is 57.3 Å². The summed E-state index contributed by atoms with van der Waals surface area (Å²) in [6, 6.07) is 2.35. The summed E-state index contributed by atoms with van der Waals surface area (Å²) in [5, 5.41) is 10.9. The first-order valence-corrected chi connectivity index (χ1v) is 10.9. The maximum Gasteiger partial charge on any atom is 0.230 e. The van der Waals surface area contributed by atoms with Crippen LogP contribution in [0.15, 0.2) is 18.2 Å². The van der Waals surface area contributed by atoms with E-state index in [1.807, 2.05) is 27.8 Å². The number of nitrogens with one attached hydrogen (secondary N) is 2. The van der Waals surface area contributed by atoms with Gasteiger partial charge in [-0.3, -0.25) is 14.3 Å². The van der Waals surface area contributed by atoms with E-state index < -0.39 is 17.4 Å². The summed E-state index contributed by atoms with van der Waals surface area (Å²) >= 11 is 0. The van der Waals surface area contributed by atoms with Crippen LogP contribution in [0.1, 0.15) is 37.1 Å². The van der Waals surface area contributed by atoms with Crippen LogP contribution >= 0.6 is 0 Å². The van der Waals surface area contributed by atoms with Gasteiger partial charge in [-0.15, -0.1) is 0 Å². The second kappa shape index (κ2) is 6.40. The first-order valence-electron chi connectivity index (χ1n) is 10.9. The van der Waals surface area contributed by atoms with Crippen LogP contribution < -0.4 is 10.6 Å². The van der Waals surface area contributed by atoms with Gasteiger partial charge < -0.3 is 20.3 Å². The highest BCUT2D eigenvalue weighted by atomic mass is 16.5. The molecule has 2 amide bonds. The number of fused-ring (bicyclic) bond motifs is 2. The number of ether oxygens (including phenoxy) is 1.